The monoisotopic (exact) mass is 258 g/mol. The van der Waals surface area contributed by atoms with Crippen molar-refractivity contribution >= 4 is 28.9 Å². The number of hydrogen-bond acceptors (Lipinski definition) is 6. The fourth-order valence-corrected chi connectivity index (χ4v) is 1.37. The topological polar surface area (TPSA) is 111 Å². The molecule has 0 aliphatic carbocycles. The maximum Gasteiger partial charge on any atom is 0.311 e. The van der Waals surface area contributed by atoms with E-state index in [1.165, 1.54) is 19.1 Å². The summed E-state index contributed by atoms with van der Waals surface area (Å²) in [5, 5.41) is 13.4. The van der Waals surface area contributed by atoms with Crippen LogP contribution in [0.4, 0.5) is 11.5 Å². The number of aromatic nitrogens is 1. The Bertz CT molecular complexity index is 452. The molecule has 1 heterocycles. The number of nitrogens with one attached hydrogen (secondary N) is 1. The van der Waals surface area contributed by atoms with E-state index in [9.17, 15) is 14.9 Å². The Morgan fingerprint density at radius 2 is 2.35 bits per heavy atom. The maximum atomic E-state index is 10.8. The van der Waals surface area contributed by atoms with Crippen molar-refractivity contribution in [2.75, 3.05) is 5.32 Å². The normalized spacial score (nSPS) is 11.9. The van der Waals surface area contributed by atoms with Crippen molar-refractivity contribution in [2.45, 2.75) is 19.5 Å². The highest BCUT2D eigenvalue weighted by Crippen LogP contribution is 2.24. The number of nitrogens with zero attached hydrogens (tertiary/aromatic N) is 2. The van der Waals surface area contributed by atoms with Gasteiger partial charge >= 0.3 is 5.69 Å². The first-order valence-corrected chi connectivity index (χ1v) is 5.10. The zero-order valence-corrected chi connectivity index (χ0v) is 9.77. The molecule has 1 atom stereocenters. The predicted molar refractivity (Wildman–Crippen MR) is 62.8 cm³/mol. The smallest absolute Gasteiger partial charge is 0.311 e. The number of ketones is 1. The molecule has 0 aromatic carbocycles. The lowest BCUT2D eigenvalue weighted by Gasteiger charge is -2.12. The summed E-state index contributed by atoms with van der Waals surface area (Å²) in [7, 11) is 0. The molecule has 8 heteroatoms. The molecule has 7 nitrogen and oxygen atoms in total. The first-order chi connectivity index (χ1) is 7.90. The number of nitrogens with two attached hydrogens (primary N) is 1. The highest BCUT2D eigenvalue weighted by atomic mass is 35.5. The minimum Gasteiger partial charge on any atom is -0.349 e. The second-order valence-electron chi connectivity index (χ2n) is 3.42. The molecule has 0 saturated heterocycles. The Labute approximate surface area is 102 Å². The van der Waals surface area contributed by atoms with Gasteiger partial charge in [0.2, 0.25) is 5.82 Å². The van der Waals surface area contributed by atoms with Crippen LogP contribution < -0.4 is 11.1 Å². The van der Waals surface area contributed by atoms with E-state index >= 15 is 0 Å². The van der Waals surface area contributed by atoms with Gasteiger partial charge in [0.1, 0.15) is 10.9 Å². The van der Waals surface area contributed by atoms with Gasteiger partial charge in [-0.25, -0.2) is 4.98 Å². The predicted octanol–water partition coefficient (Wildman–Crippen LogP) is 1.32. The largest absolute Gasteiger partial charge is 0.349 e. The van der Waals surface area contributed by atoms with Crippen molar-refractivity contribution in [3.63, 3.8) is 0 Å². The van der Waals surface area contributed by atoms with Gasteiger partial charge in [0.05, 0.1) is 11.1 Å². The molecular weight excluding hydrogens is 248 g/mol. The number of carbonyl (C=O) groups is 1. The van der Waals surface area contributed by atoms with Gasteiger partial charge in [-0.3, -0.25) is 14.9 Å². The Morgan fingerprint density at radius 3 is 2.88 bits per heavy atom. The summed E-state index contributed by atoms with van der Waals surface area (Å²) in [5.41, 5.74) is 5.35. The van der Waals surface area contributed by atoms with Crippen molar-refractivity contribution in [1.82, 2.24) is 4.98 Å². The number of anilines is 1. The van der Waals surface area contributed by atoms with Gasteiger partial charge in [0, 0.05) is 12.5 Å². The molecule has 3 N–H and O–H groups in total. The molecule has 0 saturated carbocycles. The molecule has 0 amide bonds. The van der Waals surface area contributed by atoms with Crippen molar-refractivity contribution in [2.24, 2.45) is 5.73 Å². The fraction of sp³-hybridized carbons (Fsp3) is 0.333. The number of pyridine rings is 1. The number of nitro groups is 1. The van der Waals surface area contributed by atoms with Crippen LogP contribution in [0.5, 0.6) is 0 Å². The lowest BCUT2D eigenvalue weighted by molar-refractivity contribution is -0.384. The van der Waals surface area contributed by atoms with E-state index in [4.69, 9.17) is 17.3 Å². The molecule has 1 rings (SSSR count). The molecule has 0 aliphatic heterocycles. The van der Waals surface area contributed by atoms with E-state index < -0.39 is 11.1 Å². The molecule has 0 fully saturated rings. The van der Waals surface area contributed by atoms with E-state index in [1.54, 1.807) is 0 Å². The summed E-state index contributed by atoms with van der Waals surface area (Å²) in [4.78, 5) is 24.7. The quantitative estimate of drug-likeness (QED) is 0.357. The molecule has 0 radical (unpaired) electrons. The average Bonchev–Trinajstić information content (AvgIpc) is 2.15. The van der Waals surface area contributed by atoms with Crippen molar-refractivity contribution in [1.29, 1.82) is 0 Å². The van der Waals surface area contributed by atoms with Gasteiger partial charge in [0.25, 0.3) is 0 Å². The number of rotatable bonds is 5. The molecule has 0 aliphatic rings. The van der Waals surface area contributed by atoms with Crippen LogP contribution in [0.3, 0.4) is 0 Å². The summed E-state index contributed by atoms with van der Waals surface area (Å²) in [5.74, 6) is -0.175. The Morgan fingerprint density at radius 1 is 1.71 bits per heavy atom. The van der Waals surface area contributed by atoms with Gasteiger partial charge in [0.15, 0.2) is 0 Å². The Hall–Kier alpha value is -1.73. The molecule has 1 unspecified atom stereocenters. The highest BCUT2D eigenvalue weighted by Gasteiger charge is 2.18. The van der Waals surface area contributed by atoms with Gasteiger partial charge in [-0.1, -0.05) is 11.6 Å². The van der Waals surface area contributed by atoms with Crippen LogP contribution in [0.2, 0.25) is 5.15 Å². The minimum atomic E-state index is -0.739. The fourth-order valence-electron chi connectivity index (χ4n) is 1.22. The van der Waals surface area contributed by atoms with Gasteiger partial charge in [-0.05, 0) is 13.0 Å². The zero-order valence-electron chi connectivity index (χ0n) is 9.01. The standard InChI is InChI=1S/C9H11ClN4O3/c1-5(15)4-8(11)13-9-6(14(16)17)2-3-7(10)12-9/h2-3,8H,4,11H2,1H3,(H,12,13). The van der Waals surface area contributed by atoms with Gasteiger partial charge < -0.3 is 11.1 Å². The van der Waals surface area contributed by atoms with E-state index in [1.807, 2.05) is 0 Å². The van der Waals surface area contributed by atoms with Crippen LogP contribution in [0.15, 0.2) is 12.1 Å². The second-order valence-corrected chi connectivity index (χ2v) is 3.80. The lowest BCUT2D eigenvalue weighted by Crippen LogP contribution is -2.32. The average molecular weight is 259 g/mol. The first kappa shape index (κ1) is 13.3. The third-order valence-electron chi connectivity index (χ3n) is 1.87. The maximum absolute atomic E-state index is 10.8. The lowest BCUT2D eigenvalue weighted by atomic mass is 10.2. The molecule has 1 aromatic rings. The number of halogens is 1. The van der Waals surface area contributed by atoms with Crippen LogP contribution in [-0.4, -0.2) is 21.9 Å². The van der Waals surface area contributed by atoms with Crippen LogP contribution in [0.1, 0.15) is 13.3 Å². The van der Waals surface area contributed by atoms with Gasteiger partial charge in [-0.15, -0.1) is 0 Å². The van der Waals surface area contributed by atoms with E-state index in [0.29, 0.717) is 0 Å². The van der Waals surface area contributed by atoms with Crippen LogP contribution >= 0.6 is 11.6 Å². The molecule has 0 spiro atoms. The minimum absolute atomic E-state index is 0.0451. The summed E-state index contributed by atoms with van der Waals surface area (Å²) in [6.45, 7) is 1.38. The summed E-state index contributed by atoms with van der Waals surface area (Å²) >= 11 is 5.63. The van der Waals surface area contributed by atoms with E-state index in [2.05, 4.69) is 10.3 Å². The third-order valence-corrected chi connectivity index (χ3v) is 2.08. The summed E-state index contributed by atoms with van der Waals surface area (Å²) in [6.07, 6.45) is -0.692. The molecule has 92 valence electrons. The van der Waals surface area contributed by atoms with E-state index in [0.717, 1.165) is 0 Å². The molecule has 1 aromatic heterocycles. The second kappa shape index (κ2) is 5.55. The number of carbonyl (C=O) groups excluding carboxylic acids is 1. The molecule has 0 bridgehead atoms. The Balaban J connectivity index is 2.92. The van der Waals surface area contributed by atoms with Crippen molar-refractivity contribution < 1.29 is 9.72 Å². The third kappa shape index (κ3) is 3.97. The van der Waals surface area contributed by atoms with Crippen LogP contribution in [0.25, 0.3) is 0 Å². The first-order valence-electron chi connectivity index (χ1n) is 4.72. The van der Waals surface area contributed by atoms with Gasteiger partial charge in [-0.2, -0.15) is 0 Å². The van der Waals surface area contributed by atoms with Crippen molar-refractivity contribution in [3.05, 3.63) is 27.4 Å². The highest BCUT2D eigenvalue weighted by molar-refractivity contribution is 6.29. The summed E-state index contributed by atoms with van der Waals surface area (Å²) in [6, 6.07) is 2.53. The molecule has 17 heavy (non-hydrogen) atoms. The molecular formula is C9H11ClN4O3. The zero-order chi connectivity index (χ0) is 13.0. The van der Waals surface area contributed by atoms with Crippen molar-refractivity contribution in [3.8, 4) is 0 Å². The summed E-state index contributed by atoms with van der Waals surface area (Å²) < 4.78 is 0. The van der Waals surface area contributed by atoms with E-state index in [-0.39, 0.29) is 28.9 Å². The number of hydrogen-bond donors (Lipinski definition) is 2. The van der Waals surface area contributed by atoms with Crippen LogP contribution in [0, 0.1) is 10.1 Å². The Kier molecular flexibility index (Phi) is 4.36. The number of Topliss-reactive ketones (excluding diaryl/α,β-unsaturated/α-hetero) is 1. The SMILES string of the molecule is CC(=O)CC(N)Nc1nc(Cl)ccc1[N+](=O)[O-]. The van der Waals surface area contributed by atoms with Crippen LogP contribution in [-0.2, 0) is 4.79 Å².